The third kappa shape index (κ3) is 2.81. The highest BCUT2D eigenvalue weighted by Crippen LogP contribution is 2.32. The zero-order valence-corrected chi connectivity index (χ0v) is 12.8. The Morgan fingerprint density at radius 3 is 2.48 bits per heavy atom. The predicted octanol–water partition coefficient (Wildman–Crippen LogP) is 1.45. The van der Waals surface area contributed by atoms with Crippen molar-refractivity contribution in [2.45, 2.75) is 33.7 Å². The predicted molar refractivity (Wildman–Crippen MR) is 86.7 cm³/mol. The molecule has 0 radical (unpaired) electrons. The van der Waals surface area contributed by atoms with Crippen LogP contribution < -0.4 is 17.2 Å². The molecule has 0 aliphatic carbocycles. The average Bonchev–Trinajstić information content (AvgIpc) is 2.77. The van der Waals surface area contributed by atoms with Crippen LogP contribution >= 0.6 is 0 Å². The van der Waals surface area contributed by atoms with Crippen LogP contribution in [0.1, 0.15) is 31.0 Å². The summed E-state index contributed by atoms with van der Waals surface area (Å²) in [6, 6.07) is 2.41. The number of guanidine groups is 2. The molecular formula is C14H21N7. The Labute approximate surface area is 123 Å². The molecule has 0 atom stereocenters. The Hall–Kier alpha value is -2.57. The van der Waals surface area contributed by atoms with Crippen LogP contribution in [0.5, 0.6) is 0 Å². The summed E-state index contributed by atoms with van der Waals surface area (Å²) in [6.07, 6.45) is 1.81. The molecule has 0 aliphatic heterocycles. The van der Waals surface area contributed by atoms with E-state index in [1.165, 1.54) is 0 Å². The van der Waals surface area contributed by atoms with Crippen molar-refractivity contribution in [2.24, 2.45) is 27.2 Å². The van der Waals surface area contributed by atoms with E-state index < -0.39 is 0 Å². The smallest absolute Gasteiger partial charge is 0.223 e. The molecule has 0 saturated heterocycles. The molecule has 0 fully saturated rings. The second kappa shape index (κ2) is 5.43. The van der Waals surface area contributed by atoms with Crippen LogP contribution in [-0.4, -0.2) is 21.5 Å². The fourth-order valence-corrected chi connectivity index (χ4v) is 2.19. The number of aryl methyl sites for hydroxylation is 1. The lowest BCUT2D eigenvalue weighted by atomic mass is 10.1. The molecule has 0 amide bonds. The van der Waals surface area contributed by atoms with Crippen molar-refractivity contribution in [1.82, 2.24) is 9.55 Å². The summed E-state index contributed by atoms with van der Waals surface area (Å²) in [5.74, 6) is -0.102. The van der Waals surface area contributed by atoms with E-state index in [0.29, 0.717) is 11.7 Å². The van der Waals surface area contributed by atoms with Gasteiger partial charge in [0.2, 0.25) is 5.96 Å². The van der Waals surface area contributed by atoms with Gasteiger partial charge in [-0.25, -0.2) is 9.98 Å². The number of aliphatic imine (C=N–C) groups is 2. The van der Waals surface area contributed by atoms with Crippen molar-refractivity contribution in [2.75, 3.05) is 0 Å². The third-order valence-electron chi connectivity index (χ3n) is 3.38. The first-order chi connectivity index (χ1) is 9.81. The van der Waals surface area contributed by atoms with E-state index in [2.05, 4.69) is 39.4 Å². The highest BCUT2D eigenvalue weighted by Gasteiger charge is 2.14. The van der Waals surface area contributed by atoms with Gasteiger partial charge >= 0.3 is 0 Å². The minimum absolute atomic E-state index is 0.0177. The first-order valence-corrected chi connectivity index (χ1v) is 6.71. The molecule has 6 N–H and O–H groups in total. The van der Waals surface area contributed by atoms with Crippen molar-refractivity contribution in [3.63, 3.8) is 0 Å². The number of hydrogen-bond acceptors (Lipinski definition) is 2. The molecule has 7 heteroatoms. The number of imidazole rings is 1. The quantitative estimate of drug-likeness (QED) is 0.571. The van der Waals surface area contributed by atoms with Gasteiger partial charge in [-0.15, -0.1) is 0 Å². The SMILES string of the molecule is Cc1cc2c(ncn2C(C)C)c(N=C(N)N=C(N)N)c1C. The zero-order chi connectivity index (χ0) is 15.7. The minimum Gasteiger partial charge on any atom is -0.370 e. The number of nitrogens with two attached hydrogens (primary N) is 3. The van der Waals surface area contributed by atoms with E-state index in [4.69, 9.17) is 17.2 Å². The second-order valence-electron chi connectivity index (χ2n) is 5.29. The molecule has 1 heterocycles. The molecule has 2 rings (SSSR count). The van der Waals surface area contributed by atoms with Gasteiger partial charge in [-0.3, -0.25) is 0 Å². The van der Waals surface area contributed by atoms with Gasteiger partial charge in [0.1, 0.15) is 5.52 Å². The van der Waals surface area contributed by atoms with E-state index in [1.807, 2.05) is 20.2 Å². The molecule has 0 bridgehead atoms. The number of aromatic nitrogens is 2. The third-order valence-corrected chi connectivity index (χ3v) is 3.38. The summed E-state index contributed by atoms with van der Waals surface area (Å²) in [5, 5.41) is 0. The Morgan fingerprint density at radius 1 is 1.24 bits per heavy atom. The van der Waals surface area contributed by atoms with Gasteiger partial charge < -0.3 is 21.8 Å². The first-order valence-electron chi connectivity index (χ1n) is 6.71. The van der Waals surface area contributed by atoms with Crippen LogP contribution in [0.2, 0.25) is 0 Å². The maximum Gasteiger partial charge on any atom is 0.223 e. The van der Waals surface area contributed by atoms with Crippen LogP contribution in [0.15, 0.2) is 22.4 Å². The lowest BCUT2D eigenvalue weighted by molar-refractivity contribution is 0.617. The van der Waals surface area contributed by atoms with Crippen molar-refractivity contribution >= 4 is 28.6 Å². The number of hydrogen-bond donors (Lipinski definition) is 3. The maximum atomic E-state index is 5.75. The van der Waals surface area contributed by atoms with E-state index >= 15 is 0 Å². The molecule has 2 aromatic rings. The Morgan fingerprint density at radius 2 is 1.90 bits per heavy atom. The summed E-state index contributed by atoms with van der Waals surface area (Å²) in [7, 11) is 0. The van der Waals surface area contributed by atoms with Gasteiger partial charge in [0.15, 0.2) is 5.96 Å². The topological polar surface area (TPSA) is 121 Å². The van der Waals surface area contributed by atoms with Crippen molar-refractivity contribution in [3.05, 3.63) is 23.5 Å². The molecule has 0 unspecified atom stereocenters. The van der Waals surface area contributed by atoms with Gasteiger partial charge in [0.05, 0.1) is 17.5 Å². The van der Waals surface area contributed by atoms with Gasteiger partial charge in [0.25, 0.3) is 0 Å². The second-order valence-corrected chi connectivity index (χ2v) is 5.29. The molecule has 1 aromatic heterocycles. The number of rotatable bonds is 2. The van der Waals surface area contributed by atoms with Crippen LogP contribution in [0.4, 0.5) is 5.69 Å². The molecule has 0 saturated carbocycles. The first kappa shape index (κ1) is 14.8. The van der Waals surface area contributed by atoms with Crippen molar-refractivity contribution in [3.8, 4) is 0 Å². The number of fused-ring (bicyclic) bond motifs is 1. The fourth-order valence-electron chi connectivity index (χ4n) is 2.19. The van der Waals surface area contributed by atoms with Gasteiger partial charge in [-0.05, 0) is 44.9 Å². The van der Waals surface area contributed by atoms with Crippen LogP contribution in [0.25, 0.3) is 11.0 Å². The highest BCUT2D eigenvalue weighted by atomic mass is 15.1. The molecule has 0 spiro atoms. The van der Waals surface area contributed by atoms with E-state index in [-0.39, 0.29) is 11.9 Å². The number of benzene rings is 1. The van der Waals surface area contributed by atoms with Gasteiger partial charge in [-0.1, -0.05) is 0 Å². The summed E-state index contributed by atoms with van der Waals surface area (Å²) >= 11 is 0. The molecule has 7 nitrogen and oxygen atoms in total. The largest absolute Gasteiger partial charge is 0.370 e. The van der Waals surface area contributed by atoms with Crippen molar-refractivity contribution < 1.29 is 0 Å². The Bertz CT molecular complexity index is 733. The summed E-state index contributed by atoms with van der Waals surface area (Å²) in [6.45, 7) is 8.22. The monoisotopic (exact) mass is 287 g/mol. The normalized spacial score (nSPS) is 12.1. The van der Waals surface area contributed by atoms with E-state index in [1.54, 1.807) is 0 Å². The average molecular weight is 287 g/mol. The fraction of sp³-hybridized carbons (Fsp3) is 0.357. The Kier molecular flexibility index (Phi) is 3.84. The Balaban J connectivity index is 2.73. The molecule has 112 valence electrons. The zero-order valence-electron chi connectivity index (χ0n) is 12.8. The standard InChI is InChI=1S/C14H21N7/c1-7(2)21-6-18-12-10(21)5-8(3)9(4)11(12)19-14(17)20-13(15)16/h5-7H,1-4H3,(H6,15,16,17,19,20). The summed E-state index contributed by atoms with van der Waals surface area (Å²) in [4.78, 5) is 12.6. The van der Waals surface area contributed by atoms with Crippen LogP contribution in [0, 0.1) is 13.8 Å². The molecule has 1 aromatic carbocycles. The van der Waals surface area contributed by atoms with Crippen molar-refractivity contribution in [1.29, 1.82) is 0 Å². The maximum absolute atomic E-state index is 5.75. The lowest BCUT2D eigenvalue weighted by Gasteiger charge is -2.11. The molecule has 21 heavy (non-hydrogen) atoms. The van der Waals surface area contributed by atoms with Gasteiger partial charge in [-0.2, -0.15) is 4.99 Å². The molecular weight excluding hydrogens is 266 g/mol. The number of nitrogens with zero attached hydrogens (tertiary/aromatic N) is 4. The van der Waals surface area contributed by atoms with Crippen LogP contribution in [0.3, 0.4) is 0 Å². The highest BCUT2D eigenvalue weighted by molar-refractivity contribution is 5.97. The lowest BCUT2D eigenvalue weighted by Crippen LogP contribution is -2.26. The summed E-state index contributed by atoms with van der Waals surface area (Å²) in [5.41, 5.74) is 21.0. The van der Waals surface area contributed by atoms with Gasteiger partial charge in [0, 0.05) is 6.04 Å². The van der Waals surface area contributed by atoms with E-state index in [0.717, 1.165) is 22.2 Å². The molecule has 0 aliphatic rings. The van der Waals surface area contributed by atoms with E-state index in [9.17, 15) is 0 Å². The summed E-state index contributed by atoms with van der Waals surface area (Å²) < 4.78 is 2.09. The minimum atomic E-state index is -0.120. The van der Waals surface area contributed by atoms with Crippen LogP contribution in [-0.2, 0) is 0 Å².